The molecule has 0 aromatic heterocycles. The minimum absolute atomic E-state index is 0.0143. The van der Waals surface area contributed by atoms with Gasteiger partial charge >= 0.3 is 6.03 Å². The summed E-state index contributed by atoms with van der Waals surface area (Å²) in [7, 11) is 1.58. The molecule has 0 saturated carbocycles. The molecule has 0 rings (SSSR count). The second-order valence-electron chi connectivity index (χ2n) is 2.81. The molecule has 0 spiro atoms. The van der Waals surface area contributed by atoms with Gasteiger partial charge in [0.1, 0.15) is 6.73 Å². The highest BCUT2D eigenvalue weighted by Gasteiger charge is 1.97. The Morgan fingerprint density at radius 3 is 2.62 bits per heavy atom. The maximum absolute atomic E-state index is 11.1. The third-order valence-electron chi connectivity index (χ3n) is 1.53. The van der Waals surface area contributed by atoms with Gasteiger partial charge in [0.15, 0.2) is 0 Å². The van der Waals surface area contributed by atoms with Gasteiger partial charge in [0, 0.05) is 13.7 Å². The first-order valence-corrected chi connectivity index (χ1v) is 5.08. The molecule has 0 unspecified atom stereocenters. The summed E-state index contributed by atoms with van der Waals surface area (Å²) in [4.78, 5) is 11.1. The molecule has 7 nitrogen and oxygen atoms in total. The van der Waals surface area contributed by atoms with E-state index >= 15 is 0 Å². The number of rotatable bonds is 10. The second kappa shape index (κ2) is 12.2. The lowest BCUT2D eigenvalue weighted by atomic mass is 10.6. The maximum Gasteiger partial charge on any atom is 0.316 e. The average Bonchev–Trinajstić information content (AvgIpc) is 2.28. The highest BCUT2D eigenvalue weighted by molar-refractivity contribution is 5.73. The molecule has 0 aliphatic rings. The second-order valence-corrected chi connectivity index (χ2v) is 2.81. The normalized spacial score (nSPS) is 10.1. The summed E-state index contributed by atoms with van der Waals surface area (Å²) < 4.78 is 14.7. The van der Waals surface area contributed by atoms with Crippen LogP contribution in [0.1, 0.15) is 0 Å². The molecule has 0 bridgehead atoms. The third kappa shape index (κ3) is 11.2. The fourth-order valence-corrected chi connectivity index (χ4v) is 0.797. The summed E-state index contributed by atoms with van der Waals surface area (Å²) in [6.45, 7) is 2.12. The number of urea groups is 1. The summed E-state index contributed by atoms with van der Waals surface area (Å²) >= 11 is 0. The molecule has 96 valence electrons. The minimum Gasteiger partial charge on any atom is -0.394 e. The van der Waals surface area contributed by atoms with E-state index in [1.165, 1.54) is 0 Å². The largest absolute Gasteiger partial charge is 0.394 e. The predicted molar refractivity (Wildman–Crippen MR) is 57.1 cm³/mol. The highest BCUT2D eigenvalue weighted by atomic mass is 16.5. The van der Waals surface area contributed by atoms with Crippen molar-refractivity contribution < 1.29 is 24.1 Å². The number of nitrogens with one attached hydrogen (secondary N) is 2. The van der Waals surface area contributed by atoms with E-state index in [0.29, 0.717) is 26.4 Å². The molecule has 0 aliphatic heterocycles. The van der Waals surface area contributed by atoms with Crippen LogP contribution in [0.5, 0.6) is 0 Å². The van der Waals surface area contributed by atoms with Crippen LogP contribution in [0.2, 0.25) is 0 Å². The molecule has 0 aliphatic carbocycles. The number of carbonyl (C=O) groups is 1. The van der Waals surface area contributed by atoms with Gasteiger partial charge in [-0.05, 0) is 0 Å². The van der Waals surface area contributed by atoms with Gasteiger partial charge < -0.3 is 30.0 Å². The van der Waals surface area contributed by atoms with Gasteiger partial charge in [0.2, 0.25) is 0 Å². The van der Waals surface area contributed by atoms with E-state index in [1.807, 2.05) is 0 Å². The molecule has 3 N–H and O–H groups in total. The first kappa shape index (κ1) is 15.1. The standard InChI is InChI=1S/C9H20N2O5/c1-14-6-7-16-8-11-9(13)10-2-4-15-5-3-12/h12H,2-8H2,1H3,(H2,10,11,13). The van der Waals surface area contributed by atoms with Crippen LogP contribution in [0.3, 0.4) is 0 Å². The van der Waals surface area contributed by atoms with Crippen molar-refractivity contribution in [2.75, 3.05) is 53.4 Å². The zero-order chi connectivity index (χ0) is 12.1. The van der Waals surface area contributed by atoms with Crippen molar-refractivity contribution in [2.24, 2.45) is 0 Å². The van der Waals surface area contributed by atoms with E-state index in [1.54, 1.807) is 7.11 Å². The maximum atomic E-state index is 11.1. The van der Waals surface area contributed by atoms with Gasteiger partial charge in [-0.25, -0.2) is 4.79 Å². The van der Waals surface area contributed by atoms with Crippen molar-refractivity contribution in [3.63, 3.8) is 0 Å². The van der Waals surface area contributed by atoms with E-state index in [2.05, 4.69) is 10.6 Å². The Balaban J connectivity index is 3.12. The van der Waals surface area contributed by atoms with Crippen LogP contribution >= 0.6 is 0 Å². The molecule has 2 amide bonds. The van der Waals surface area contributed by atoms with Gasteiger partial charge in [-0.3, -0.25) is 0 Å². The van der Waals surface area contributed by atoms with Gasteiger partial charge in [-0.1, -0.05) is 0 Å². The summed E-state index contributed by atoms with van der Waals surface area (Å²) in [5.41, 5.74) is 0. The molecule has 0 heterocycles. The molecule has 0 fully saturated rings. The Kier molecular flexibility index (Phi) is 11.5. The van der Waals surface area contributed by atoms with E-state index in [0.717, 1.165) is 0 Å². The molecule has 0 saturated heterocycles. The first-order valence-electron chi connectivity index (χ1n) is 5.08. The van der Waals surface area contributed by atoms with Crippen LogP contribution in [0, 0.1) is 0 Å². The molecule has 16 heavy (non-hydrogen) atoms. The van der Waals surface area contributed by atoms with Crippen LogP contribution in [-0.4, -0.2) is 64.6 Å². The quantitative estimate of drug-likeness (QED) is 0.331. The highest BCUT2D eigenvalue weighted by Crippen LogP contribution is 1.75. The minimum atomic E-state index is -0.315. The summed E-state index contributed by atoms with van der Waals surface area (Å²) in [6, 6.07) is -0.315. The van der Waals surface area contributed by atoms with E-state index in [4.69, 9.17) is 19.3 Å². The smallest absolute Gasteiger partial charge is 0.316 e. The lowest BCUT2D eigenvalue weighted by Crippen LogP contribution is -2.38. The van der Waals surface area contributed by atoms with Crippen molar-refractivity contribution in [1.82, 2.24) is 10.6 Å². The Labute approximate surface area is 95.1 Å². The first-order chi connectivity index (χ1) is 7.81. The topological polar surface area (TPSA) is 89.1 Å². The summed E-state index contributed by atoms with van der Waals surface area (Å²) in [5.74, 6) is 0. The average molecular weight is 236 g/mol. The Morgan fingerprint density at radius 2 is 1.94 bits per heavy atom. The number of hydrogen-bond donors (Lipinski definition) is 3. The number of aliphatic hydroxyl groups is 1. The van der Waals surface area contributed by atoms with Crippen LogP contribution in [-0.2, 0) is 14.2 Å². The number of hydrogen-bond acceptors (Lipinski definition) is 5. The molecule has 0 aromatic rings. The zero-order valence-electron chi connectivity index (χ0n) is 9.53. The zero-order valence-corrected chi connectivity index (χ0v) is 9.53. The third-order valence-corrected chi connectivity index (χ3v) is 1.53. The van der Waals surface area contributed by atoms with Crippen molar-refractivity contribution in [3.05, 3.63) is 0 Å². The van der Waals surface area contributed by atoms with Crippen molar-refractivity contribution in [2.45, 2.75) is 0 Å². The van der Waals surface area contributed by atoms with Gasteiger partial charge in [-0.2, -0.15) is 0 Å². The van der Waals surface area contributed by atoms with Gasteiger partial charge in [-0.15, -0.1) is 0 Å². The summed E-state index contributed by atoms with van der Waals surface area (Å²) in [6.07, 6.45) is 0. The van der Waals surface area contributed by atoms with E-state index in [-0.39, 0.29) is 26.0 Å². The molecular formula is C9H20N2O5. The van der Waals surface area contributed by atoms with Gasteiger partial charge in [0.05, 0.1) is 33.0 Å². The van der Waals surface area contributed by atoms with Crippen molar-refractivity contribution in [3.8, 4) is 0 Å². The Bertz CT molecular complexity index is 152. The van der Waals surface area contributed by atoms with Gasteiger partial charge in [0.25, 0.3) is 0 Å². The van der Waals surface area contributed by atoms with E-state index in [9.17, 15) is 4.79 Å². The number of carbonyl (C=O) groups excluding carboxylic acids is 1. The van der Waals surface area contributed by atoms with Crippen LogP contribution in [0.15, 0.2) is 0 Å². The number of aliphatic hydroxyl groups excluding tert-OH is 1. The van der Waals surface area contributed by atoms with Crippen molar-refractivity contribution >= 4 is 6.03 Å². The number of ether oxygens (including phenoxy) is 3. The fraction of sp³-hybridized carbons (Fsp3) is 0.889. The molecular weight excluding hydrogens is 216 g/mol. The molecule has 0 aromatic carbocycles. The SMILES string of the molecule is COCCOCNC(=O)NCCOCCO. The van der Waals surface area contributed by atoms with Crippen molar-refractivity contribution in [1.29, 1.82) is 0 Å². The van der Waals surface area contributed by atoms with Crippen LogP contribution in [0.4, 0.5) is 4.79 Å². The molecule has 7 heteroatoms. The Morgan fingerprint density at radius 1 is 1.12 bits per heavy atom. The Hall–Kier alpha value is -0.890. The fourth-order valence-electron chi connectivity index (χ4n) is 0.797. The summed E-state index contributed by atoms with van der Waals surface area (Å²) in [5, 5.41) is 13.5. The molecule has 0 atom stereocenters. The van der Waals surface area contributed by atoms with E-state index < -0.39 is 0 Å². The van der Waals surface area contributed by atoms with Crippen LogP contribution < -0.4 is 10.6 Å². The number of amides is 2. The molecule has 0 radical (unpaired) electrons. The van der Waals surface area contributed by atoms with Crippen LogP contribution in [0.25, 0.3) is 0 Å². The lowest BCUT2D eigenvalue weighted by molar-refractivity contribution is 0.0637. The predicted octanol–water partition coefficient (Wildman–Crippen LogP) is -1.08. The monoisotopic (exact) mass is 236 g/mol. The number of methoxy groups -OCH3 is 1. The lowest BCUT2D eigenvalue weighted by Gasteiger charge is -2.08.